The molecule has 0 N–H and O–H groups in total. The average Bonchev–Trinajstić information content (AvgIpc) is 2.65. The summed E-state index contributed by atoms with van der Waals surface area (Å²) in [5.41, 5.74) is 1.77. The first-order chi connectivity index (χ1) is 12.3. The van der Waals surface area contributed by atoms with E-state index in [4.69, 9.17) is 44.3 Å². The molecule has 1 fully saturated rings. The highest BCUT2D eigenvalue weighted by Gasteiger charge is 2.73. The van der Waals surface area contributed by atoms with Crippen molar-refractivity contribution in [3.63, 3.8) is 0 Å². The van der Waals surface area contributed by atoms with Gasteiger partial charge in [-0.2, -0.15) is 0 Å². The van der Waals surface area contributed by atoms with E-state index >= 15 is 0 Å². The molecule has 0 aromatic heterocycles. The van der Waals surface area contributed by atoms with Crippen LogP contribution >= 0.6 is 46.6 Å². The fourth-order valence-electron chi connectivity index (χ4n) is 3.40. The zero-order valence-electron chi connectivity index (χ0n) is 13.9. The molecule has 26 heavy (non-hydrogen) atoms. The monoisotopic (exact) mass is 429 g/mol. The van der Waals surface area contributed by atoms with Gasteiger partial charge in [-0.25, -0.2) is 0 Å². The average molecular weight is 431 g/mol. The molecule has 0 radical (unpaired) electrons. The van der Waals surface area contributed by atoms with Gasteiger partial charge >= 0.3 is 0 Å². The van der Waals surface area contributed by atoms with E-state index in [0.29, 0.717) is 23.1 Å². The van der Waals surface area contributed by atoms with E-state index in [1.807, 2.05) is 24.3 Å². The predicted octanol–water partition coefficient (Wildman–Crippen LogP) is 4.83. The van der Waals surface area contributed by atoms with Crippen LogP contribution in [0.3, 0.4) is 0 Å². The third-order valence-electron chi connectivity index (χ3n) is 4.71. The van der Waals surface area contributed by atoms with Gasteiger partial charge in [-0.3, -0.25) is 4.79 Å². The Labute approximate surface area is 170 Å². The molecule has 0 saturated carbocycles. The topological polar surface area (TPSA) is 38.8 Å². The van der Waals surface area contributed by atoms with Crippen molar-refractivity contribution in [2.45, 2.75) is 20.6 Å². The van der Waals surface area contributed by atoms with Gasteiger partial charge in [0.1, 0.15) is 0 Å². The fraction of sp³-hybridized carbons (Fsp3) is 0.278. The van der Waals surface area contributed by atoms with Crippen molar-refractivity contribution in [3.8, 4) is 11.5 Å². The normalized spacial score (nSPS) is 23.0. The number of benzene rings is 2. The Hall–Kier alpha value is -1.27. The van der Waals surface area contributed by atoms with Crippen molar-refractivity contribution >= 4 is 52.5 Å². The lowest BCUT2D eigenvalue weighted by atomic mass is 9.90. The van der Waals surface area contributed by atoms with Gasteiger partial charge in [-0.15, -0.1) is 0 Å². The van der Waals surface area contributed by atoms with E-state index in [1.54, 1.807) is 31.3 Å². The third kappa shape index (κ3) is 2.27. The molecule has 2 aromatic rings. The second-order valence-electron chi connectivity index (χ2n) is 6.03. The molecule has 0 spiro atoms. The molecular formula is C18H14Cl3NO3S. The predicted molar refractivity (Wildman–Crippen MR) is 104 cm³/mol. The molecule has 2 aromatic carbocycles. The number of hydrogen-bond donors (Lipinski definition) is 0. The summed E-state index contributed by atoms with van der Waals surface area (Å²) in [5, 5.41) is 0.602. The lowest BCUT2D eigenvalue weighted by Crippen LogP contribution is -2.74. The van der Waals surface area contributed by atoms with Gasteiger partial charge in [0.15, 0.2) is 16.4 Å². The summed E-state index contributed by atoms with van der Waals surface area (Å²) in [5.74, 6) is 0.907. The summed E-state index contributed by atoms with van der Waals surface area (Å²) >= 11 is 20.5. The van der Waals surface area contributed by atoms with Gasteiger partial charge in [-0.05, 0) is 35.4 Å². The van der Waals surface area contributed by atoms with Gasteiger partial charge in [0, 0.05) is 16.5 Å². The minimum atomic E-state index is -1.57. The lowest BCUT2D eigenvalue weighted by molar-refractivity contribution is -0.153. The number of halogens is 3. The molecule has 1 atom stereocenters. The van der Waals surface area contributed by atoms with Gasteiger partial charge in [-0.1, -0.05) is 58.7 Å². The third-order valence-corrected chi connectivity index (χ3v) is 7.71. The summed E-state index contributed by atoms with van der Waals surface area (Å²) in [7, 11) is 3.16. The fourth-order valence-corrected chi connectivity index (χ4v) is 5.85. The lowest BCUT2D eigenvalue weighted by Gasteiger charge is -2.61. The maximum absolute atomic E-state index is 12.6. The van der Waals surface area contributed by atoms with Crippen LogP contribution in [0.2, 0.25) is 5.02 Å². The van der Waals surface area contributed by atoms with Crippen LogP contribution in [0.15, 0.2) is 41.3 Å². The summed E-state index contributed by atoms with van der Waals surface area (Å²) in [4.78, 5) is 14.3. The molecule has 4 nitrogen and oxygen atoms in total. The number of alkyl halides is 2. The maximum Gasteiger partial charge on any atom is 0.264 e. The van der Waals surface area contributed by atoms with Crippen LogP contribution in [0.1, 0.15) is 11.1 Å². The molecule has 1 amide bonds. The number of amides is 1. The number of carbonyl (C=O) groups is 1. The van der Waals surface area contributed by atoms with Crippen LogP contribution in [-0.2, 0) is 16.2 Å². The minimum Gasteiger partial charge on any atom is -0.493 e. The minimum absolute atomic E-state index is 0.316. The molecule has 2 heterocycles. The number of rotatable bonds is 3. The molecule has 0 bridgehead atoms. The Morgan fingerprint density at radius 2 is 1.69 bits per heavy atom. The van der Waals surface area contributed by atoms with E-state index in [9.17, 15) is 4.79 Å². The number of nitrogens with zero attached hydrogens (tertiary/aromatic N) is 1. The summed E-state index contributed by atoms with van der Waals surface area (Å²) in [6.07, 6.45) is 0. The smallest absolute Gasteiger partial charge is 0.264 e. The van der Waals surface area contributed by atoms with E-state index < -0.39 is 9.20 Å². The highest BCUT2D eigenvalue weighted by molar-refractivity contribution is 8.00. The largest absolute Gasteiger partial charge is 0.493 e. The van der Waals surface area contributed by atoms with Crippen LogP contribution in [-0.4, -0.2) is 29.4 Å². The zero-order chi connectivity index (χ0) is 18.7. The molecule has 1 unspecified atom stereocenters. The van der Waals surface area contributed by atoms with E-state index in [0.717, 1.165) is 16.0 Å². The van der Waals surface area contributed by atoms with Gasteiger partial charge in [0.05, 0.1) is 14.2 Å². The molecule has 1 saturated heterocycles. The molecular weight excluding hydrogens is 417 g/mol. The highest BCUT2D eigenvalue weighted by Crippen LogP contribution is 2.67. The number of hydrogen-bond acceptors (Lipinski definition) is 4. The maximum atomic E-state index is 12.6. The first-order valence-electron chi connectivity index (χ1n) is 7.75. The van der Waals surface area contributed by atoms with Gasteiger partial charge < -0.3 is 14.4 Å². The number of fused-ring (bicyclic) bond motifs is 2. The van der Waals surface area contributed by atoms with Crippen LogP contribution in [0.25, 0.3) is 0 Å². The number of β-lactam (4-membered cyclic amide) rings is 1. The van der Waals surface area contributed by atoms with Crippen molar-refractivity contribution < 1.29 is 14.3 Å². The Bertz CT molecular complexity index is 903. The summed E-state index contributed by atoms with van der Waals surface area (Å²) < 4.78 is 9.20. The second kappa shape index (κ2) is 6.13. The molecule has 136 valence electrons. The van der Waals surface area contributed by atoms with Crippen LogP contribution in [0.5, 0.6) is 11.5 Å². The SMILES string of the molecule is COc1cc2c(cc1OC)SC1(c3ccc(Cl)cc3)N(C2)C(=O)C1(Cl)Cl. The van der Waals surface area contributed by atoms with Crippen LogP contribution in [0.4, 0.5) is 0 Å². The van der Waals surface area contributed by atoms with Gasteiger partial charge in [0.25, 0.3) is 5.91 Å². The Balaban J connectivity index is 1.88. The zero-order valence-corrected chi connectivity index (χ0v) is 17.0. The summed E-state index contributed by atoms with van der Waals surface area (Å²) in [6, 6.07) is 11.0. The Morgan fingerprint density at radius 1 is 1.08 bits per heavy atom. The van der Waals surface area contributed by atoms with Crippen LogP contribution < -0.4 is 9.47 Å². The van der Waals surface area contributed by atoms with Crippen molar-refractivity contribution in [2.24, 2.45) is 0 Å². The molecule has 4 rings (SSSR count). The van der Waals surface area contributed by atoms with Crippen molar-refractivity contribution in [2.75, 3.05) is 14.2 Å². The van der Waals surface area contributed by atoms with E-state index in [1.165, 1.54) is 11.8 Å². The van der Waals surface area contributed by atoms with Crippen molar-refractivity contribution in [3.05, 3.63) is 52.5 Å². The first kappa shape index (κ1) is 18.1. The highest BCUT2D eigenvalue weighted by atomic mass is 35.5. The van der Waals surface area contributed by atoms with Crippen molar-refractivity contribution in [1.29, 1.82) is 0 Å². The second-order valence-corrected chi connectivity index (χ2v) is 9.03. The first-order valence-corrected chi connectivity index (χ1v) is 9.70. The molecule has 2 aliphatic heterocycles. The van der Waals surface area contributed by atoms with E-state index in [2.05, 4.69) is 0 Å². The number of methoxy groups -OCH3 is 2. The Kier molecular flexibility index (Phi) is 4.27. The molecule has 8 heteroatoms. The van der Waals surface area contributed by atoms with Crippen molar-refractivity contribution in [1.82, 2.24) is 4.90 Å². The number of thioether (sulfide) groups is 1. The molecule has 2 aliphatic rings. The van der Waals surface area contributed by atoms with Gasteiger partial charge in [0.2, 0.25) is 4.33 Å². The standard InChI is InChI=1S/C18H14Cl3NO3S/c1-24-13-7-10-9-22-16(23)17(20,21)18(22,11-3-5-12(19)6-4-11)26-15(10)8-14(13)25-2/h3-8H,9H2,1-2H3. The Morgan fingerprint density at radius 3 is 2.31 bits per heavy atom. The van der Waals surface area contributed by atoms with Crippen LogP contribution in [0, 0.1) is 0 Å². The summed E-state index contributed by atoms with van der Waals surface area (Å²) in [6.45, 7) is 0.380. The molecule has 0 aliphatic carbocycles. The van der Waals surface area contributed by atoms with E-state index in [-0.39, 0.29) is 5.91 Å². The number of ether oxygens (including phenoxy) is 2. The quantitative estimate of drug-likeness (QED) is 0.516. The number of carbonyl (C=O) groups excluding carboxylic acids is 1.